The number of H-pyrrole nitrogens is 1. The van der Waals surface area contributed by atoms with E-state index in [0.717, 1.165) is 52.0 Å². The van der Waals surface area contributed by atoms with Crippen molar-refractivity contribution in [2.75, 3.05) is 18.8 Å². The highest BCUT2D eigenvalue weighted by Gasteiger charge is 2.29. The van der Waals surface area contributed by atoms with Crippen LogP contribution in [0.15, 0.2) is 73.1 Å². The van der Waals surface area contributed by atoms with Gasteiger partial charge in [0.15, 0.2) is 0 Å². The zero-order chi connectivity index (χ0) is 24.6. The third-order valence-corrected chi connectivity index (χ3v) is 7.18. The van der Waals surface area contributed by atoms with E-state index in [1.165, 1.54) is 0 Å². The molecular weight excluding hydrogens is 450 g/mol. The van der Waals surface area contributed by atoms with Gasteiger partial charge < -0.3 is 20.9 Å². The van der Waals surface area contributed by atoms with Crippen molar-refractivity contribution < 1.29 is 4.79 Å². The second kappa shape index (κ2) is 9.03. The molecule has 0 saturated carbocycles. The number of aromatic nitrogens is 4. The summed E-state index contributed by atoms with van der Waals surface area (Å²) in [5.74, 6) is 1.63. The average molecular weight is 480 g/mol. The van der Waals surface area contributed by atoms with Crippen LogP contribution in [0.5, 0.6) is 0 Å². The maximum absolute atomic E-state index is 12.9. The van der Waals surface area contributed by atoms with Crippen molar-refractivity contribution in [3.63, 3.8) is 0 Å². The summed E-state index contributed by atoms with van der Waals surface area (Å²) >= 11 is 0. The van der Waals surface area contributed by atoms with Crippen LogP contribution in [-0.4, -0.2) is 43.4 Å². The molecule has 36 heavy (non-hydrogen) atoms. The van der Waals surface area contributed by atoms with Crippen molar-refractivity contribution in [1.29, 1.82) is 0 Å². The van der Waals surface area contributed by atoms with E-state index in [1.807, 2.05) is 60.5 Å². The number of piperidine rings is 1. The summed E-state index contributed by atoms with van der Waals surface area (Å²) in [5.41, 5.74) is 11.0. The Balaban J connectivity index is 1.23. The molecule has 8 heteroatoms. The molecule has 0 radical (unpaired) electrons. The molecule has 3 aromatic heterocycles. The Hall–Kier alpha value is -4.33. The van der Waals surface area contributed by atoms with Crippen LogP contribution in [0, 0.1) is 0 Å². The molecule has 6 rings (SSSR count). The van der Waals surface area contributed by atoms with Crippen molar-refractivity contribution >= 4 is 28.3 Å². The first-order valence-corrected chi connectivity index (χ1v) is 12.4. The van der Waals surface area contributed by atoms with E-state index in [4.69, 9.17) is 10.7 Å². The molecule has 1 fully saturated rings. The fraction of sp³-hybridized carbons (Fsp3) is 0.250. The molecular formula is C28H29N7O. The van der Waals surface area contributed by atoms with E-state index in [2.05, 4.69) is 37.9 Å². The Labute approximate surface area is 209 Å². The molecule has 1 atom stereocenters. The number of anilines is 1. The van der Waals surface area contributed by atoms with Gasteiger partial charge in [-0.25, -0.2) is 14.8 Å². The van der Waals surface area contributed by atoms with Crippen molar-refractivity contribution in [3.05, 3.63) is 84.4 Å². The lowest BCUT2D eigenvalue weighted by Crippen LogP contribution is -2.45. The highest BCUT2D eigenvalue weighted by atomic mass is 16.2. The molecule has 2 aromatic carbocycles. The number of carbonyl (C=O) groups is 1. The number of amides is 2. The van der Waals surface area contributed by atoms with Crippen molar-refractivity contribution in [2.45, 2.75) is 31.7 Å². The van der Waals surface area contributed by atoms with Gasteiger partial charge in [-0.05, 0) is 37.5 Å². The number of nitrogens with zero attached hydrogens (tertiary/aromatic N) is 4. The first-order valence-electron chi connectivity index (χ1n) is 12.4. The van der Waals surface area contributed by atoms with Crippen LogP contribution >= 0.6 is 0 Å². The summed E-state index contributed by atoms with van der Waals surface area (Å²) in [6.45, 7) is 3.37. The van der Waals surface area contributed by atoms with Gasteiger partial charge in [0.25, 0.3) is 0 Å². The molecule has 0 unspecified atom stereocenters. The number of rotatable bonds is 4. The highest BCUT2D eigenvalue weighted by Crippen LogP contribution is 2.35. The first kappa shape index (κ1) is 22.2. The Kier molecular flexibility index (Phi) is 5.56. The third-order valence-electron chi connectivity index (χ3n) is 7.18. The minimum atomic E-state index is -0.0398. The van der Waals surface area contributed by atoms with E-state index < -0.39 is 0 Å². The fourth-order valence-electron chi connectivity index (χ4n) is 5.21. The van der Waals surface area contributed by atoms with Gasteiger partial charge in [-0.3, -0.25) is 4.40 Å². The van der Waals surface area contributed by atoms with Gasteiger partial charge in [-0.2, -0.15) is 0 Å². The Bertz CT molecular complexity index is 1500. The summed E-state index contributed by atoms with van der Waals surface area (Å²) in [4.78, 5) is 27.7. The standard InChI is InChI=1S/C28H29N7O/c1-18(19-7-3-2-4-8-19)31-28(36)34-14-11-20(12-15-34)27-33-24(25-26(29)30-13-16-35(25)27)23-17-21-9-5-6-10-22(21)32-23/h2-10,13,16-18,20,32H,11-12,14-15H2,1H3,(H2,29,30)(H,31,36)/t18-/m0/s1. The number of para-hydroxylation sites is 1. The summed E-state index contributed by atoms with van der Waals surface area (Å²) < 4.78 is 2.07. The molecule has 2 amide bonds. The topological polar surface area (TPSA) is 104 Å². The van der Waals surface area contributed by atoms with Crippen LogP contribution in [0.1, 0.15) is 43.1 Å². The van der Waals surface area contributed by atoms with E-state index in [1.54, 1.807) is 6.20 Å². The van der Waals surface area contributed by atoms with Gasteiger partial charge in [-0.15, -0.1) is 0 Å². The van der Waals surface area contributed by atoms with Crippen molar-refractivity contribution in [2.24, 2.45) is 0 Å². The van der Waals surface area contributed by atoms with E-state index in [9.17, 15) is 4.79 Å². The Morgan fingerprint density at radius 3 is 2.64 bits per heavy atom. The smallest absolute Gasteiger partial charge is 0.317 e. The van der Waals surface area contributed by atoms with Crippen LogP contribution in [-0.2, 0) is 0 Å². The molecule has 4 N–H and O–H groups in total. The van der Waals surface area contributed by atoms with Gasteiger partial charge in [-0.1, -0.05) is 48.5 Å². The number of urea groups is 1. The largest absolute Gasteiger partial charge is 0.382 e. The van der Waals surface area contributed by atoms with E-state index in [-0.39, 0.29) is 18.0 Å². The summed E-state index contributed by atoms with van der Waals surface area (Å²) in [5, 5.41) is 4.26. The number of imidazole rings is 1. The number of nitrogens with two attached hydrogens (primary N) is 1. The van der Waals surface area contributed by atoms with Crippen LogP contribution < -0.4 is 11.1 Å². The van der Waals surface area contributed by atoms with Gasteiger partial charge in [0, 0.05) is 42.3 Å². The zero-order valence-corrected chi connectivity index (χ0v) is 20.2. The molecule has 0 bridgehead atoms. The summed E-state index contributed by atoms with van der Waals surface area (Å²) in [6, 6.07) is 20.2. The van der Waals surface area contributed by atoms with E-state index in [0.29, 0.717) is 18.9 Å². The third kappa shape index (κ3) is 3.94. The summed E-state index contributed by atoms with van der Waals surface area (Å²) in [7, 11) is 0. The number of aromatic amines is 1. The normalized spacial score (nSPS) is 15.4. The maximum atomic E-state index is 12.9. The van der Waals surface area contributed by atoms with Crippen LogP contribution in [0.25, 0.3) is 27.8 Å². The predicted octanol–water partition coefficient (Wildman–Crippen LogP) is 5.11. The van der Waals surface area contributed by atoms with Gasteiger partial charge in [0.2, 0.25) is 0 Å². The van der Waals surface area contributed by atoms with Crippen LogP contribution in [0.3, 0.4) is 0 Å². The minimum Gasteiger partial charge on any atom is -0.382 e. The molecule has 4 heterocycles. The van der Waals surface area contributed by atoms with Crippen LogP contribution in [0.2, 0.25) is 0 Å². The van der Waals surface area contributed by atoms with Gasteiger partial charge >= 0.3 is 6.03 Å². The second-order valence-corrected chi connectivity index (χ2v) is 9.46. The lowest BCUT2D eigenvalue weighted by atomic mass is 9.96. The summed E-state index contributed by atoms with van der Waals surface area (Å²) in [6.07, 6.45) is 5.32. The lowest BCUT2D eigenvalue weighted by Gasteiger charge is -2.32. The number of nitrogens with one attached hydrogen (secondary N) is 2. The minimum absolute atomic E-state index is 0.0232. The quantitative estimate of drug-likeness (QED) is 0.333. The van der Waals surface area contributed by atoms with Gasteiger partial charge in [0.05, 0.1) is 11.7 Å². The maximum Gasteiger partial charge on any atom is 0.317 e. The molecule has 0 aliphatic carbocycles. The Morgan fingerprint density at radius 1 is 1.11 bits per heavy atom. The van der Waals surface area contributed by atoms with E-state index >= 15 is 0 Å². The number of carbonyl (C=O) groups excluding carboxylic acids is 1. The molecule has 1 saturated heterocycles. The molecule has 8 nitrogen and oxygen atoms in total. The number of likely N-dealkylation sites (tertiary alicyclic amines) is 1. The SMILES string of the molecule is C[C@H](NC(=O)N1CCC(c2nc(-c3cc4ccccc4[nH]3)c3c(N)nccn23)CC1)c1ccccc1. The number of nitrogen functional groups attached to an aromatic ring is 1. The lowest BCUT2D eigenvalue weighted by molar-refractivity contribution is 0.177. The van der Waals surface area contributed by atoms with Gasteiger partial charge in [0.1, 0.15) is 22.9 Å². The molecule has 1 aliphatic rings. The fourth-order valence-corrected chi connectivity index (χ4v) is 5.21. The second-order valence-electron chi connectivity index (χ2n) is 9.46. The molecule has 182 valence electrons. The zero-order valence-electron chi connectivity index (χ0n) is 20.2. The van der Waals surface area contributed by atoms with Crippen LogP contribution in [0.4, 0.5) is 10.6 Å². The number of hydrogen-bond donors (Lipinski definition) is 3. The van der Waals surface area contributed by atoms with Crippen molar-refractivity contribution in [1.82, 2.24) is 29.6 Å². The molecule has 5 aromatic rings. The number of benzene rings is 2. The average Bonchev–Trinajstić information content (AvgIpc) is 3.52. The number of hydrogen-bond acceptors (Lipinski definition) is 4. The molecule has 1 aliphatic heterocycles. The monoisotopic (exact) mass is 479 g/mol. The highest BCUT2D eigenvalue weighted by molar-refractivity contribution is 5.91. The van der Waals surface area contributed by atoms with Crippen molar-refractivity contribution in [3.8, 4) is 11.4 Å². The number of fused-ring (bicyclic) bond motifs is 2. The molecule has 0 spiro atoms. The predicted molar refractivity (Wildman–Crippen MR) is 142 cm³/mol. The Morgan fingerprint density at radius 2 is 1.86 bits per heavy atom. The first-order chi connectivity index (χ1) is 17.6.